The molecule has 1 fully saturated rings. The van der Waals surface area contributed by atoms with Crippen LogP contribution in [-0.4, -0.2) is 46.9 Å². The highest BCUT2D eigenvalue weighted by molar-refractivity contribution is 8.15. The Morgan fingerprint density at radius 3 is 2.49 bits per heavy atom. The normalized spacial score (nSPS) is 16.7. The van der Waals surface area contributed by atoms with Crippen LogP contribution in [-0.2, 0) is 0 Å². The molecule has 9 rings (SSSR count). The van der Waals surface area contributed by atoms with Crippen LogP contribution in [0.5, 0.6) is 11.5 Å². The van der Waals surface area contributed by atoms with Gasteiger partial charge in [-0.25, -0.2) is 9.37 Å². The van der Waals surface area contributed by atoms with Gasteiger partial charge >= 0.3 is 5.97 Å². The van der Waals surface area contributed by atoms with Gasteiger partial charge in [-0.05, 0) is 103 Å². The Kier molecular flexibility index (Phi) is 8.62. The second-order valence-corrected chi connectivity index (χ2v) is 17.5. The van der Waals surface area contributed by atoms with Gasteiger partial charge in [0.2, 0.25) is 5.04 Å². The first kappa shape index (κ1) is 32.7. The molecule has 6 heterocycles. The molecule has 51 heavy (non-hydrogen) atoms. The van der Waals surface area contributed by atoms with Crippen molar-refractivity contribution in [3.63, 3.8) is 0 Å². The maximum absolute atomic E-state index is 12.5. The van der Waals surface area contributed by atoms with Gasteiger partial charge < -0.3 is 14.7 Å². The number of rotatable bonds is 7. The van der Waals surface area contributed by atoms with Crippen LogP contribution in [0, 0.1) is 9.75 Å². The smallest absolute Gasteiger partial charge is 0.336 e. The molecule has 0 amide bonds. The van der Waals surface area contributed by atoms with E-state index in [1.807, 2.05) is 57.9 Å². The summed E-state index contributed by atoms with van der Waals surface area (Å²) in [6.45, 7) is 8.83. The topological polar surface area (TPSA) is 52.8 Å². The number of benzene rings is 3. The molecule has 0 spiro atoms. The van der Waals surface area contributed by atoms with Crippen molar-refractivity contribution in [1.82, 2.24) is 0 Å². The Morgan fingerprint density at radius 2 is 1.71 bits per heavy atom. The third-order valence-corrected chi connectivity index (χ3v) is 14.8. The first-order chi connectivity index (χ1) is 25.0. The molecule has 0 aliphatic carbocycles. The fourth-order valence-electron chi connectivity index (χ4n) is 7.43. The van der Waals surface area contributed by atoms with E-state index in [1.54, 1.807) is 12.1 Å². The summed E-state index contributed by atoms with van der Waals surface area (Å²) in [4.78, 5) is 17.5. The van der Waals surface area contributed by atoms with E-state index >= 15 is 0 Å². The van der Waals surface area contributed by atoms with Gasteiger partial charge in [-0.2, -0.15) is 0 Å². The maximum Gasteiger partial charge on any atom is 0.336 e. The van der Waals surface area contributed by atoms with Gasteiger partial charge in [0.1, 0.15) is 24.6 Å². The van der Waals surface area contributed by atoms with E-state index in [9.17, 15) is 9.90 Å². The molecule has 0 atom stereocenters. The van der Waals surface area contributed by atoms with E-state index in [-0.39, 0.29) is 5.56 Å². The highest BCUT2D eigenvalue weighted by Crippen LogP contribution is 2.45. The molecular formula is C42H37N2O3S4+. The van der Waals surface area contributed by atoms with E-state index in [4.69, 9.17) is 4.74 Å². The van der Waals surface area contributed by atoms with Crippen molar-refractivity contribution in [2.24, 2.45) is 0 Å². The molecule has 5 nitrogen and oxygen atoms in total. The number of aromatic carboxylic acids is 1. The number of hydrogen-bond donors (Lipinski definition) is 1. The van der Waals surface area contributed by atoms with Crippen molar-refractivity contribution in [3.8, 4) is 21.9 Å². The molecule has 1 N–H and O–H groups in total. The summed E-state index contributed by atoms with van der Waals surface area (Å²) in [5, 5.41) is 14.9. The second-order valence-electron chi connectivity index (χ2n) is 13.2. The number of piperidine rings is 1. The lowest BCUT2D eigenvalue weighted by Gasteiger charge is -2.27. The number of thiophene rings is 3. The van der Waals surface area contributed by atoms with Crippen LogP contribution in [0.25, 0.3) is 31.5 Å². The first-order valence-electron chi connectivity index (χ1n) is 17.7. The first-order valence-corrected chi connectivity index (χ1v) is 21.0. The SMILES string of the molecule is CCC[N+](CC)=C1C=c2s/c(=c3\ccc4c(c3)Oc3cc(-c5cc6sc(N7CCCCC7)cc6s5)ccc3C=4c3ccccc3C(=O)O)cc2S1. The van der Waals surface area contributed by atoms with E-state index in [0.717, 1.165) is 71.2 Å². The zero-order valence-electron chi connectivity index (χ0n) is 28.5. The van der Waals surface area contributed by atoms with Gasteiger partial charge in [-0.15, -0.1) is 34.0 Å². The minimum atomic E-state index is -0.942. The van der Waals surface area contributed by atoms with Crippen LogP contribution >= 0.6 is 45.8 Å². The van der Waals surface area contributed by atoms with Gasteiger partial charge in [0.05, 0.1) is 10.6 Å². The summed E-state index contributed by atoms with van der Waals surface area (Å²) in [5.41, 5.74) is 3.85. The van der Waals surface area contributed by atoms with Crippen LogP contribution in [0.4, 0.5) is 5.00 Å². The zero-order valence-corrected chi connectivity index (χ0v) is 31.8. The molecule has 3 aliphatic rings. The molecular weight excluding hydrogens is 709 g/mol. The lowest BCUT2D eigenvalue weighted by Crippen LogP contribution is -2.28. The van der Waals surface area contributed by atoms with Gasteiger partial charge in [0, 0.05) is 70.2 Å². The third kappa shape index (κ3) is 5.94. The van der Waals surface area contributed by atoms with Gasteiger partial charge in [-0.1, -0.05) is 37.3 Å². The molecule has 3 aliphatic heterocycles. The Hall–Kier alpha value is -4.15. The minimum absolute atomic E-state index is 0.279. The van der Waals surface area contributed by atoms with E-state index in [2.05, 4.69) is 84.0 Å². The van der Waals surface area contributed by atoms with Crippen LogP contribution < -0.4 is 19.4 Å². The van der Waals surface area contributed by atoms with Crippen molar-refractivity contribution >= 4 is 82.8 Å². The number of nitrogens with zero attached hydrogens (tertiary/aromatic N) is 2. The quantitative estimate of drug-likeness (QED) is 0.165. The Bertz CT molecular complexity index is 2590. The molecule has 0 unspecified atom stereocenters. The Balaban J connectivity index is 1.17. The summed E-state index contributed by atoms with van der Waals surface area (Å²) < 4.78 is 14.4. The van der Waals surface area contributed by atoms with Gasteiger partial charge in [-0.3, -0.25) is 0 Å². The second kappa shape index (κ2) is 13.4. The Labute approximate surface area is 312 Å². The predicted molar refractivity (Wildman–Crippen MR) is 215 cm³/mol. The lowest BCUT2D eigenvalue weighted by molar-refractivity contribution is -0.520. The summed E-state index contributed by atoms with van der Waals surface area (Å²) in [6, 6.07) is 27.0. The van der Waals surface area contributed by atoms with Crippen LogP contribution in [0.1, 0.15) is 61.0 Å². The van der Waals surface area contributed by atoms with Crippen LogP contribution in [0.15, 0.2) is 83.8 Å². The molecule has 3 aromatic carbocycles. The van der Waals surface area contributed by atoms with Crippen LogP contribution in [0.3, 0.4) is 0 Å². The maximum atomic E-state index is 12.5. The van der Waals surface area contributed by atoms with Crippen molar-refractivity contribution < 1.29 is 19.2 Å². The number of carbonyl (C=O) groups is 1. The standard InChI is InChI=1S/C42H36N2O3S4/c1-3-16-43(4-2)39-23-37-35(50-39)21-33(48-37)25-12-14-29-31(19-25)47-32-20-26(13-15-30(32)41(29)27-10-6-7-11-28(27)42(45)46)34-22-36-38(49-34)24-40(51-36)44-17-8-5-9-18-44/h6-7,10-15,19-24H,3-5,8-9,16-18H2,1-2H3/p+1. The van der Waals surface area contributed by atoms with Crippen molar-refractivity contribution in [2.75, 3.05) is 31.1 Å². The number of carboxylic acid groups (broad SMARTS) is 1. The number of anilines is 1. The molecule has 0 bridgehead atoms. The number of ether oxygens (including phenoxy) is 1. The number of fused-ring (bicyclic) bond motifs is 4. The third-order valence-electron chi connectivity index (χ3n) is 9.96. The Morgan fingerprint density at radius 1 is 0.863 bits per heavy atom. The van der Waals surface area contributed by atoms with Crippen LogP contribution in [0.2, 0.25) is 0 Å². The lowest BCUT2D eigenvalue weighted by atomic mass is 9.89. The van der Waals surface area contributed by atoms with Crippen molar-refractivity contribution in [1.29, 1.82) is 0 Å². The highest BCUT2D eigenvalue weighted by atomic mass is 32.2. The monoisotopic (exact) mass is 745 g/mol. The van der Waals surface area contributed by atoms with Gasteiger partial charge in [0.25, 0.3) is 0 Å². The van der Waals surface area contributed by atoms with E-state index in [0.29, 0.717) is 5.56 Å². The van der Waals surface area contributed by atoms with E-state index < -0.39 is 5.97 Å². The number of carboxylic acids is 1. The summed E-state index contributed by atoms with van der Waals surface area (Å²) in [7, 11) is 0. The van der Waals surface area contributed by atoms with Crippen molar-refractivity contribution in [3.05, 3.63) is 115 Å². The summed E-state index contributed by atoms with van der Waals surface area (Å²) in [5.74, 6) is 0.538. The van der Waals surface area contributed by atoms with Crippen molar-refractivity contribution in [2.45, 2.75) is 44.4 Å². The van der Waals surface area contributed by atoms with Gasteiger partial charge in [0.15, 0.2) is 0 Å². The average Bonchev–Trinajstić information content (AvgIpc) is 3.93. The molecule has 6 aromatic rings. The fourth-order valence-corrected chi connectivity index (χ4v) is 12.3. The molecule has 0 radical (unpaired) electrons. The average molecular weight is 746 g/mol. The largest absolute Gasteiger partial charge is 0.478 e. The number of thioether (sulfide) groups is 1. The molecule has 256 valence electrons. The fraction of sp³-hybridized carbons (Fsp3) is 0.238. The summed E-state index contributed by atoms with van der Waals surface area (Å²) in [6.07, 6.45) is 7.34. The zero-order chi connectivity index (χ0) is 34.6. The molecule has 9 heteroatoms. The number of hydrogen-bond acceptors (Lipinski definition) is 7. The highest BCUT2D eigenvalue weighted by Gasteiger charge is 2.25. The molecule has 3 aromatic heterocycles. The summed E-state index contributed by atoms with van der Waals surface area (Å²) >= 11 is 7.39. The molecule has 1 saturated heterocycles. The molecule has 0 saturated carbocycles. The minimum Gasteiger partial charge on any atom is -0.478 e. The van der Waals surface area contributed by atoms with E-state index in [1.165, 1.54) is 57.5 Å². The predicted octanol–water partition coefficient (Wildman–Crippen LogP) is 9.75.